The Balaban J connectivity index is 1.92. The fourth-order valence-corrected chi connectivity index (χ4v) is 2.40. The zero-order chi connectivity index (χ0) is 16.7. The van der Waals surface area contributed by atoms with Crippen LogP contribution in [-0.2, 0) is 4.79 Å². The summed E-state index contributed by atoms with van der Waals surface area (Å²) in [6, 6.07) is 9.26. The summed E-state index contributed by atoms with van der Waals surface area (Å²) in [5.41, 5.74) is 0.780. The lowest BCUT2D eigenvalue weighted by molar-refractivity contribution is -0.127. The highest BCUT2D eigenvalue weighted by Gasteiger charge is 2.13. The van der Waals surface area contributed by atoms with Crippen LogP contribution in [0.2, 0.25) is 0 Å². The van der Waals surface area contributed by atoms with Crippen LogP contribution in [0.4, 0.5) is 0 Å². The summed E-state index contributed by atoms with van der Waals surface area (Å²) < 4.78 is 10.6. The first-order valence-electron chi connectivity index (χ1n) is 6.85. The summed E-state index contributed by atoms with van der Waals surface area (Å²) in [6.07, 6.45) is 0.315. The fourth-order valence-electron chi connectivity index (χ4n) is 1.69. The Labute approximate surface area is 138 Å². The number of nitriles is 1. The lowest BCUT2D eigenvalue weighted by atomic mass is 10.2. The van der Waals surface area contributed by atoms with Gasteiger partial charge in [0.05, 0.1) is 25.4 Å². The van der Waals surface area contributed by atoms with Gasteiger partial charge in [0.25, 0.3) is 5.22 Å². The van der Waals surface area contributed by atoms with Crippen molar-refractivity contribution in [2.45, 2.75) is 11.6 Å². The minimum atomic E-state index is -0.0885. The predicted molar refractivity (Wildman–Crippen MR) is 84.9 cm³/mol. The van der Waals surface area contributed by atoms with Gasteiger partial charge < -0.3 is 14.1 Å². The second-order valence-electron chi connectivity index (χ2n) is 4.61. The topological polar surface area (TPSA) is 92.3 Å². The van der Waals surface area contributed by atoms with Gasteiger partial charge in [-0.2, -0.15) is 5.26 Å². The first-order valence-corrected chi connectivity index (χ1v) is 7.84. The molecule has 2 aromatic rings. The van der Waals surface area contributed by atoms with Crippen molar-refractivity contribution in [3.8, 4) is 23.3 Å². The Morgan fingerprint density at radius 2 is 2.13 bits per heavy atom. The second-order valence-corrected chi connectivity index (χ2v) is 5.54. The zero-order valence-electron chi connectivity index (χ0n) is 12.9. The molecule has 1 heterocycles. The maximum atomic E-state index is 11.9. The molecule has 0 bridgehead atoms. The van der Waals surface area contributed by atoms with Crippen LogP contribution in [0.15, 0.2) is 33.9 Å². The van der Waals surface area contributed by atoms with Crippen molar-refractivity contribution in [2.24, 2.45) is 0 Å². The molecule has 0 aliphatic rings. The minimum absolute atomic E-state index is 0.0885. The van der Waals surface area contributed by atoms with Crippen LogP contribution in [0.25, 0.3) is 11.5 Å². The van der Waals surface area contributed by atoms with Crippen molar-refractivity contribution in [1.29, 1.82) is 5.26 Å². The minimum Gasteiger partial charge on any atom is -0.497 e. The first kappa shape index (κ1) is 16.8. The number of methoxy groups -OCH3 is 1. The molecule has 0 aliphatic heterocycles. The maximum Gasteiger partial charge on any atom is 0.277 e. The predicted octanol–water partition coefficient (Wildman–Crippen LogP) is 2.21. The molecule has 7 nitrogen and oxygen atoms in total. The third-order valence-corrected chi connectivity index (χ3v) is 3.85. The number of aromatic nitrogens is 2. The standard InChI is InChI=1S/C15H16N4O3S/c1-19(9-3-8-16)13(20)10-23-15-18-17-14(22-15)11-4-6-12(21-2)7-5-11/h4-7H,3,9-10H2,1-2H3. The van der Waals surface area contributed by atoms with Crippen LogP contribution in [0.1, 0.15) is 6.42 Å². The SMILES string of the molecule is COc1ccc(-c2nnc(SCC(=O)N(C)CCC#N)o2)cc1. The Kier molecular flexibility index (Phi) is 6.00. The average Bonchev–Trinajstić information content (AvgIpc) is 3.06. The third-order valence-electron chi connectivity index (χ3n) is 3.05. The molecule has 1 amide bonds. The summed E-state index contributed by atoms with van der Waals surface area (Å²) in [5.74, 6) is 1.23. The van der Waals surface area contributed by atoms with E-state index in [1.807, 2.05) is 18.2 Å². The van der Waals surface area contributed by atoms with Gasteiger partial charge in [-0.3, -0.25) is 4.79 Å². The average molecular weight is 332 g/mol. The molecule has 0 fully saturated rings. The first-order chi connectivity index (χ1) is 11.1. The van der Waals surface area contributed by atoms with Crippen LogP contribution in [0.3, 0.4) is 0 Å². The lowest BCUT2D eigenvalue weighted by Gasteiger charge is -2.13. The van der Waals surface area contributed by atoms with E-state index < -0.39 is 0 Å². The molecule has 1 aromatic heterocycles. The number of ether oxygens (including phenoxy) is 1. The second kappa shape index (κ2) is 8.19. The molecule has 0 atom stereocenters. The molecule has 0 radical (unpaired) electrons. The summed E-state index contributed by atoms with van der Waals surface area (Å²) >= 11 is 1.17. The van der Waals surface area contributed by atoms with E-state index in [0.717, 1.165) is 11.3 Å². The van der Waals surface area contributed by atoms with E-state index >= 15 is 0 Å². The van der Waals surface area contributed by atoms with E-state index in [-0.39, 0.29) is 11.7 Å². The number of hydrogen-bond donors (Lipinski definition) is 0. The van der Waals surface area contributed by atoms with E-state index in [9.17, 15) is 4.79 Å². The van der Waals surface area contributed by atoms with Crippen molar-refractivity contribution >= 4 is 17.7 Å². The van der Waals surface area contributed by atoms with Crippen molar-refractivity contribution in [1.82, 2.24) is 15.1 Å². The Bertz CT molecular complexity index is 693. The normalized spacial score (nSPS) is 10.1. The Hall–Kier alpha value is -2.53. The molecule has 0 saturated carbocycles. The number of rotatable bonds is 7. The number of carbonyl (C=O) groups is 1. The smallest absolute Gasteiger partial charge is 0.277 e. The van der Waals surface area contributed by atoms with Gasteiger partial charge in [0.15, 0.2) is 0 Å². The van der Waals surface area contributed by atoms with Crippen molar-refractivity contribution < 1.29 is 13.9 Å². The maximum absolute atomic E-state index is 11.9. The van der Waals surface area contributed by atoms with Crippen LogP contribution in [0, 0.1) is 11.3 Å². The molecule has 0 spiro atoms. The van der Waals surface area contributed by atoms with E-state index in [1.54, 1.807) is 26.3 Å². The fraction of sp³-hybridized carbons (Fsp3) is 0.333. The molecular weight excluding hydrogens is 316 g/mol. The van der Waals surface area contributed by atoms with Gasteiger partial charge >= 0.3 is 0 Å². The molecule has 1 aromatic carbocycles. The molecule has 2 rings (SSSR count). The van der Waals surface area contributed by atoms with Gasteiger partial charge in [0.1, 0.15) is 5.75 Å². The summed E-state index contributed by atoms with van der Waals surface area (Å²) in [4.78, 5) is 13.4. The quantitative estimate of drug-likeness (QED) is 0.718. The summed E-state index contributed by atoms with van der Waals surface area (Å²) in [7, 11) is 3.26. The number of benzene rings is 1. The van der Waals surface area contributed by atoms with Crippen molar-refractivity contribution in [2.75, 3.05) is 26.5 Å². The number of hydrogen-bond acceptors (Lipinski definition) is 7. The highest BCUT2D eigenvalue weighted by molar-refractivity contribution is 7.99. The molecule has 0 saturated heterocycles. The lowest BCUT2D eigenvalue weighted by Crippen LogP contribution is -2.29. The van der Waals surface area contributed by atoms with Gasteiger partial charge in [-0.1, -0.05) is 11.8 Å². The Morgan fingerprint density at radius 1 is 1.39 bits per heavy atom. The van der Waals surface area contributed by atoms with Crippen LogP contribution in [0.5, 0.6) is 5.75 Å². The van der Waals surface area contributed by atoms with Crippen molar-refractivity contribution in [3.63, 3.8) is 0 Å². The molecule has 8 heteroatoms. The highest BCUT2D eigenvalue weighted by Crippen LogP contribution is 2.24. The summed E-state index contributed by atoms with van der Waals surface area (Å²) in [6.45, 7) is 0.414. The van der Waals surface area contributed by atoms with Gasteiger partial charge in [0.2, 0.25) is 11.8 Å². The largest absolute Gasteiger partial charge is 0.497 e. The number of carbonyl (C=O) groups excluding carboxylic acids is 1. The number of thioether (sulfide) groups is 1. The van der Waals surface area contributed by atoms with Gasteiger partial charge in [-0.05, 0) is 24.3 Å². The Morgan fingerprint density at radius 3 is 2.78 bits per heavy atom. The number of amides is 1. The molecule has 0 unspecified atom stereocenters. The monoisotopic (exact) mass is 332 g/mol. The third kappa shape index (κ3) is 4.72. The molecule has 120 valence electrons. The van der Waals surface area contributed by atoms with Crippen LogP contribution >= 0.6 is 11.8 Å². The zero-order valence-corrected chi connectivity index (χ0v) is 13.7. The highest BCUT2D eigenvalue weighted by atomic mass is 32.2. The molecule has 0 aliphatic carbocycles. The van der Waals surface area contributed by atoms with Crippen molar-refractivity contribution in [3.05, 3.63) is 24.3 Å². The number of nitrogens with zero attached hydrogens (tertiary/aromatic N) is 4. The van der Waals surface area contributed by atoms with Crippen LogP contribution in [-0.4, -0.2) is 47.5 Å². The van der Waals surface area contributed by atoms with E-state index in [0.29, 0.717) is 24.1 Å². The molecule has 23 heavy (non-hydrogen) atoms. The molecule has 0 N–H and O–H groups in total. The van der Waals surface area contributed by atoms with E-state index in [2.05, 4.69) is 10.2 Å². The summed E-state index contributed by atoms with van der Waals surface area (Å²) in [5, 5.41) is 16.7. The molecular formula is C15H16N4O3S. The van der Waals surface area contributed by atoms with E-state index in [1.165, 1.54) is 16.7 Å². The van der Waals surface area contributed by atoms with Gasteiger partial charge in [-0.15, -0.1) is 10.2 Å². The van der Waals surface area contributed by atoms with E-state index in [4.69, 9.17) is 14.4 Å². The van der Waals surface area contributed by atoms with Gasteiger partial charge in [-0.25, -0.2) is 0 Å². The van der Waals surface area contributed by atoms with Gasteiger partial charge in [0, 0.05) is 19.2 Å². The van der Waals surface area contributed by atoms with Crippen LogP contribution < -0.4 is 4.74 Å².